The van der Waals surface area contributed by atoms with Gasteiger partial charge in [0, 0.05) is 28.0 Å². The van der Waals surface area contributed by atoms with Crippen LogP contribution in [0.5, 0.6) is 5.75 Å². The van der Waals surface area contributed by atoms with Crippen molar-refractivity contribution >= 4 is 19.7 Å². The zero-order valence-electron chi connectivity index (χ0n) is 15.2. The van der Waals surface area contributed by atoms with Crippen LogP contribution in [-0.4, -0.2) is 20.5 Å². The highest BCUT2D eigenvalue weighted by atomic mass is 28.3. The molecule has 0 saturated carbocycles. The van der Waals surface area contributed by atoms with Crippen molar-refractivity contribution < 1.29 is 4.74 Å². The minimum atomic E-state index is -0.751. The molecule has 0 unspecified atom stereocenters. The monoisotopic (exact) mass is 335 g/mol. The summed E-state index contributed by atoms with van der Waals surface area (Å²) in [7, 11) is 0.999. The van der Waals surface area contributed by atoms with Gasteiger partial charge in [-0.05, 0) is 29.3 Å². The van der Waals surface area contributed by atoms with E-state index < -0.39 is 8.80 Å². The second-order valence-corrected chi connectivity index (χ2v) is 10.9. The van der Waals surface area contributed by atoms with Crippen LogP contribution in [0.4, 0.5) is 0 Å². The number of hydrogen-bond acceptors (Lipinski definition) is 1. The summed E-state index contributed by atoms with van der Waals surface area (Å²) in [6.07, 6.45) is 1.17. The number of rotatable bonds is 3. The van der Waals surface area contributed by atoms with Gasteiger partial charge in [0.25, 0.3) is 0 Å². The van der Waals surface area contributed by atoms with Crippen molar-refractivity contribution in [2.75, 3.05) is 7.11 Å². The normalized spacial score (nSPS) is 14.9. The first-order chi connectivity index (χ1) is 11.4. The van der Waals surface area contributed by atoms with Gasteiger partial charge in [-0.15, -0.1) is 0 Å². The number of hydrogen-bond donors (Lipinski definition) is 0. The Kier molecular flexibility index (Phi) is 3.39. The molecule has 1 heterocycles. The van der Waals surface area contributed by atoms with E-state index in [0.29, 0.717) is 0 Å². The molecule has 0 aliphatic heterocycles. The third-order valence-corrected chi connectivity index (χ3v) is 6.39. The minimum Gasteiger partial charge on any atom is -0.497 e. The molecular formula is C21H25NOSi. The minimum absolute atomic E-state index is 0.0281. The van der Waals surface area contributed by atoms with Gasteiger partial charge in [0.2, 0.25) is 0 Å². The van der Waals surface area contributed by atoms with Gasteiger partial charge in [-0.3, -0.25) is 0 Å². The molecule has 3 heteroatoms. The first-order valence-electron chi connectivity index (χ1n) is 8.75. The highest BCUT2D eigenvalue weighted by Gasteiger charge is 2.40. The molecule has 24 heavy (non-hydrogen) atoms. The van der Waals surface area contributed by atoms with Gasteiger partial charge in [-0.25, -0.2) is 0 Å². The lowest BCUT2D eigenvalue weighted by molar-refractivity contribution is 0.415. The molecule has 0 saturated heterocycles. The molecule has 0 spiro atoms. The summed E-state index contributed by atoms with van der Waals surface area (Å²) in [5, 5.41) is 1.35. The van der Waals surface area contributed by atoms with Crippen LogP contribution >= 0.6 is 0 Å². The van der Waals surface area contributed by atoms with E-state index in [1.165, 1.54) is 39.5 Å². The topological polar surface area (TPSA) is 14.2 Å². The van der Waals surface area contributed by atoms with E-state index in [1.807, 2.05) is 0 Å². The van der Waals surface area contributed by atoms with Crippen LogP contribution in [-0.2, 0) is 11.6 Å². The Morgan fingerprint density at radius 2 is 1.83 bits per heavy atom. The van der Waals surface area contributed by atoms with E-state index in [4.69, 9.17) is 4.74 Å². The SMILES string of the molecule is COc1ccc2c(c1)c1c(n2C[SiH](C)C)-c2ccccc2C1(C)C. The number of methoxy groups -OCH3 is 1. The molecule has 124 valence electrons. The van der Waals surface area contributed by atoms with Crippen LogP contribution in [0.2, 0.25) is 13.1 Å². The Balaban J connectivity index is 2.13. The van der Waals surface area contributed by atoms with E-state index in [1.54, 1.807) is 7.11 Å². The quantitative estimate of drug-likeness (QED) is 0.616. The standard InChI is InChI=1S/C21H25NOSi/c1-21(2)17-9-7-6-8-15(17)20-19(21)16-12-14(23-3)10-11-18(16)22(20)13-24(4)5/h6-12,24H,13H2,1-5H3. The maximum Gasteiger partial charge on any atom is 0.119 e. The summed E-state index contributed by atoms with van der Waals surface area (Å²) < 4.78 is 8.10. The predicted molar refractivity (Wildman–Crippen MR) is 105 cm³/mol. The average Bonchev–Trinajstić information content (AvgIpc) is 2.99. The summed E-state index contributed by atoms with van der Waals surface area (Å²) in [6, 6.07) is 15.5. The summed E-state index contributed by atoms with van der Waals surface area (Å²) in [5.41, 5.74) is 7.12. The molecule has 0 amide bonds. The largest absolute Gasteiger partial charge is 0.497 e. The number of ether oxygens (including phenoxy) is 1. The lowest BCUT2D eigenvalue weighted by Crippen LogP contribution is -2.14. The number of nitrogens with zero attached hydrogens (tertiary/aromatic N) is 1. The van der Waals surface area contributed by atoms with Crippen LogP contribution in [0.25, 0.3) is 22.2 Å². The molecule has 2 nitrogen and oxygen atoms in total. The van der Waals surface area contributed by atoms with Crippen molar-refractivity contribution in [3.8, 4) is 17.0 Å². The van der Waals surface area contributed by atoms with Gasteiger partial charge in [0.1, 0.15) is 5.75 Å². The van der Waals surface area contributed by atoms with E-state index in [9.17, 15) is 0 Å². The zero-order valence-corrected chi connectivity index (χ0v) is 16.3. The summed E-state index contributed by atoms with van der Waals surface area (Å²) in [6.45, 7) is 9.56. The first kappa shape index (κ1) is 15.5. The van der Waals surface area contributed by atoms with E-state index in [-0.39, 0.29) is 5.41 Å². The molecule has 4 rings (SSSR count). The van der Waals surface area contributed by atoms with Gasteiger partial charge < -0.3 is 9.30 Å². The molecular weight excluding hydrogens is 310 g/mol. The fourth-order valence-electron chi connectivity index (χ4n) is 4.30. The third-order valence-electron chi connectivity index (χ3n) is 5.30. The number of fused-ring (bicyclic) bond motifs is 5. The lowest BCUT2D eigenvalue weighted by Gasteiger charge is -2.21. The Bertz CT molecular complexity index is 936. The van der Waals surface area contributed by atoms with Crippen molar-refractivity contribution in [2.45, 2.75) is 38.5 Å². The lowest BCUT2D eigenvalue weighted by atomic mass is 9.81. The highest BCUT2D eigenvalue weighted by Crippen LogP contribution is 2.53. The highest BCUT2D eigenvalue weighted by molar-refractivity contribution is 6.54. The van der Waals surface area contributed by atoms with Gasteiger partial charge in [0.05, 0.1) is 21.6 Å². The molecule has 0 N–H and O–H groups in total. The van der Waals surface area contributed by atoms with Gasteiger partial charge in [-0.1, -0.05) is 51.2 Å². The van der Waals surface area contributed by atoms with E-state index in [2.05, 4.69) is 74.0 Å². The Labute approximate surface area is 145 Å². The number of aromatic nitrogens is 1. The molecule has 1 aromatic heterocycles. The van der Waals surface area contributed by atoms with Crippen LogP contribution in [0.1, 0.15) is 25.0 Å². The molecule has 2 aromatic carbocycles. The van der Waals surface area contributed by atoms with Crippen molar-refractivity contribution in [3.05, 3.63) is 53.6 Å². The van der Waals surface area contributed by atoms with E-state index in [0.717, 1.165) is 5.75 Å². The molecule has 3 aromatic rings. The van der Waals surface area contributed by atoms with Gasteiger partial charge in [-0.2, -0.15) is 0 Å². The summed E-state index contributed by atoms with van der Waals surface area (Å²) in [4.78, 5) is 0. The summed E-state index contributed by atoms with van der Waals surface area (Å²) >= 11 is 0. The molecule has 0 atom stereocenters. The molecule has 0 radical (unpaired) electrons. The molecule has 1 aliphatic carbocycles. The number of benzene rings is 2. The third kappa shape index (κ3) is 2.00. The molecule has 0 fully saturated rings. The van der Waals surface area contributed by atoms with Crippen LogP contribution in [0.15, 0.2) is 42.5 Å². The summed E-state index contributed by atoms with van der Waals surface area (Å²) in [5.74, 6) is 0.941. The van der Waals surface area contributed by atoms with Crippen LogP contribution in [0.3, 0.4) is 0 Å². The second-order valence-electron chi connectivity index (χ2n) is 7.78. The maximum absolute atomic E-state index is 5.52. The maximum atomic E-state index is 5.52. The predicted octanol–water partition coefficient (Wildman–Crippen LogP) is 4.98. The van der Waals surface area contributed by atoms with Crippen molar-refractivity contribution in [1.82, 2.24) is 4.57 Å². The zero-order chi connectivity index (χ0) is 17.1. The molecule has 0 bridgehead atoms. The van der Waals surface area contributed by atoms with Gasteiger partial charge >= 0.3 is 0 Å². The van der Waals surface area contributed by atoms with Crippen LogP contribution in [0, 0.1) is 0 Å². The van der Waals surface area contributed by atoms with Crippen molar-refractivity contribution in [3.63, 3.8) is 0 Å². The second kappa shape index (κ2) is 5.25. The fourth-order valence-corrected chi connectivity index (χ4v) is 5.41. The van der Waals surface area contributed by atoms with Crippen molar-refractivity contribution in [2.24, 2.45) is 0 Å². The van der Waals surface area contributed by atoms with Crippen LogP contribution < -0.4 is 4.74 Å². The Morgan fingerprint density at radius 1 is 1.08 bits per heavy atom. The smallest absolute Gasteiger partial charge is 0.119 e. The average molecular weight is 336 g/mol. The van der Waals surface area contributed by atoms with Gasteiger partial charge in [0.15, 0.2) is 0 Å². The fraction of sp³-hybridized carbons (Fsp3) is 0.333. The van der Waals surface area contributed by atoms with E-state index >= 15 is 0 Å². The first-order valence-corrected chi connectivity index (χ1v) is 11.9. The Morgan fingerprint density at radius 3 is 2.54 bits per heavy atom. The van der Waals surface area contributed by atoms with Crippen molar-refractivity contribution in [1.29, 1.82) is 0 Å². The Hall–Kier alpha value is -2.00. The molecule has 1 aliphatic rings.